The fourth-order valence-electron chi connectivity index (χ4n) is 1.85. The van der Waals surface area contributed by atoms with Crippen molar-refractivity contribution in [2.75, 3.05) is 13.1 Å². The van der Waals surface area contributed by atoms with Crippen LogP contribution in [0.3, 0.4) is 0 Å². The SMILES string of the molecule is NC1C/C=C\CN(S(=O)(=O)c2ccccn2)CC1O. The smallest absolute Gasteiger partial charge is 0.260 e. The Labute approximate surface area is 112 Å². The molecule has 0 radical (unpaired) electrons. The first kappa shape index (κ1) is 14.1. The first-order valence-corrected chi connectivity index (χ1v) is 7.45. The highest BCUT2D eigenvalue weighted by molar-refractivity contribution is 7.89. The van der Waals surface area contributed by atoms with Crippen LogP contribution in [0.1, 0.15) is 6.42 Å². The van der Waals surface area contributed by atoms with Crippen molar-refractivity contribution in [1.29, 1.82) is 0 Å². The maximum Gasteiger partial charge on any atom is 0.260 e. The molecule has 0 bridgehead atoms. The van der Waals surface area contributed by atoms with Gasteiger partial charge in [-0.1, -0.05) is 18.2 Å². The number of nitrogens with zero attached hydrogens (tertiary/aromatic N) is 2. The highest BCUT2D eigenvalue weighted by atomic mass is 32.2. The summed E-state index contributed by atoms with van der Waals surface area (Å²) in [4.78, 5) is 3.86. The molecule has 7 heteroatoms. The van der Waals surface area contributed by atoms with Crippen LogP contribution in [0.15, 0.2) is 41.6 Å². The molecule has 2 heterocycles. The van der Waals surface area contributed by atoms with Crippen LogP contribution in [-0.4, -0.2) is 48.0 Å². The number of aromatic nitrogens is 1. The molecule has 104 valence electrons. The molecule has 0 amide bonds. The van der Waals surface area contributed by atoms with Gasteiger partial charge < -0.3 is 10.8 Å². The van der Waals surface area contributed by atoms with Gasteiger partial charge in [-0.2, -0.15) is 4.31 Å². The van der Waals surface area contributed by atoms with Gasteiger partial charge in [0.05, 0.1) is 6.10 Å². The van der Waals surface area contributed by atoms with Gasteiger partial charge in [0, 0.05) is 25.3 Å². The van der Waals surface area contributed by atoms with E-state index in [1.54, 1.807) is 24.3 Å². The van der Waals surface area contributed by atoms with E-state index in [2.05, 4.69) is 4.98 Å². The summed E-state index contributed by atoms with van der Waals surface area (Å²) in [7, 11) is -3.70. The van der Waals surface area contributed by atoms with Gasteiger partial charge in [-0.3, -0.25) is 0 Å². The van der Waals surface area contributed by atoms with Crippen LogP contribution in [-0.2, 0) is 10.0 Å². The fourth-order valence-corrected chi connectivity index (χ4v) is 3.19. The predicted octanol–water partition coefficient (Wildman–Crippen LogP) is -0.280. The molecule has 2 atom stereocenters. The Hall–Kier alpha value is -1.28. The van der Waals surface area contributed by atoms with Crippen molar-refractivity contribution in [3.8, 4) is 0 Å². The first-order chi connectivity index (χ1) is 9.01. The minimum Gasteiger partial charge on any atom is -0.390 e. The van der Waals surface area contributed by atoms with Crippen molar-refractivity contribution in [3.63, 3.8) is 0 Å². The highest BCUT2D eigenvalue weighted by Gasteiger charge is 2.29. The van der Waals surface area contributed by atoms with Crippen LogP contribution in [0.5, 0.6) is 0 Å². The minimum absolute atomic E-state index is 0.0234. The Morgan fingerprint density at radius 3 is 2.84 bits per heavy atom. The van der Waals surface area contributed by atoms with E-state index < -0.39 is 22.2 Å². The summed E-state index contributed by atoms with van der Waals surface area (Å²) in [6.45, 7) is 0.188. The van der Waals surface area contributed by atoms with Crippen LogP contribution in [0.2, 0.25) is 0 Å². The van der Waals surface area contributed by atoms with Crippen LogP contribution >= 0.6 is 0 Å². The second kappa shape index (κ2) is 5.79. The standard InChI is InChI=1S/C12H17N3O3S/c13-10-5-2-4-8-15(9-11(10)16)19(17,18)12-6-1-3-7-14-12/h1-4,6-7,10-11,16H,5,8-9,13H2/b4-2-. The number of pyridine rings is 1. The van der Waals surface area contributed by atoms with Gasteiger partial charge in [-0.25, -0.2) is 13.4 Å². The van der Waals surface area contributed by atoms with E-state index in [-0.39, 0.29) is 18.1 Å². The Morgan fingerprint density at radius 1 is 1.37 bits per heavy atom. The van der Waals surface area contributed by atoms with Crippen molar-refractivity contribution in [3.05, 3.63) is 36.5 Å². The maximum absolute atomic E-state index is 12.4. The number of hydrogen-bond donors (Lipinski definition) is 2. The number of nitrogens with two attached hydrogens (primary N) is 1. The van der Waals surface area contributed by atoms with Crippen LogP contribution < -0.4 is 5.73 Å². The zero-order valence-corrected chi connectivity index (χ0v) is 11.2. The molecule has 2 unspecified atom stereocenters. The minimum atomic E-state index is -3.70. The van der Waals surface area contributed by atoms with Gasteiger partial charge in [-0.05, 0) is 18.6 Å². The van der Waals surface area contributed by atoms with E-state index in [9.17, 15) is 13.5 Å². The Balaban J connectivity index is 2.29. The summed E-state index contributed by atoms with van der Waals surface area (Å²) in [6.07, 6.45) is 4.61. The molecule has 0 aromatic carbocycles. The fraction of sp³-hybridized carbons (Fsp3) is 0.417. The molecule has 19 heavy (non-hydrogen) atoms. The largest absolute Gasteiger partial charge is 0.390 e. The summed E-state index contributed by atoms with van der Waals surface area (Å²) in [5.41, 5.74) is 5.75. The predicted molar refractivity (Wildman–Crippen MR) is 70.7 cm³/mol. The molecule has 3 N–H and O–H groups in total. The van der Waals surface area contributed by atoms with Gasteiger partial charge in [0.2, 0.25) is 0 Å². The zero-order chi connectivity index (χ0) is 13.9. The summed E-state index contributed by atoms with van der Waals surface area (Å²) in [5, 5.41) is 9.85. The van der Waals surface area contributed by atoms with Gasteiger partial charge in [0.25, 0.3) is 10.0 Å². The molecule has 1 aliphatic heterocycles. The summed E-state index contributed by atoms with van der Waals surface area (Å²) >= 11 is 0. The van der Waals surface area contributed by atoms with Crippen LogP contribution in [0.25, 0.3) is 0 Å². The highest BCUT2D eigenvalue weighted by Crippen LogP contribution is 2.15. The molecule has 1 aliphatic rings. The van der Waals surface area contributed by atoms with Crippen molar-refractivity contribution < 1.29 is 13.5 Å². The van der Waals surface area contributed by atoms with Crippen molar-refractivity contribution in [2.24, 2.45) is 5.73 Å². The monoisotopic (exact) mass is 283 g/mol. The van der Waals surface area contributed by atoms with Gasteiger partial charge in [0.15, 0.2) is 5.03 Å². The zero-order valence-electron chi connectivity index (χ0n) is 10.4. The number of sulfonamides is 1. The van der Waals surface area contributed by atoms with Crippen molar-refractivity contribution in [2.45, 2.75) is 23.6 Å². The molecule has 0 spiro atoms. The van der Waals surface area contributed by atoms with Gasteiger partial charge >= 0.3 is 0 Å². The lowest BCUT2D eigenvalue weighted by Gasteiger charge is -2.27. The average Bonchev–Trinajstić information content (AvgIpc) is 2.40. The molecule has 0 saturated carbocycles. The van der Waals surface area contributed by atoms with Crippen molar-refractivity contribution >= 4 is 10.0 Å². The third kappa shape index (κ3) is 3.19. The molecule has 0 aliphatic carbocycles. The molecular formula is C12H17N3O3S. The maximum atomic E-state index is 12.4. The first-order valence-electron chi connectivity index (χ1n) is 6.01. The quantitative estimate of drug-likeness (QED) is 0.728. The molecule has 1 aromatic heterocycles. The van der Waals surface area contributed by atoms with E-state index in [1.807, 2.05) is 0 Å². The number of hydrogen-bond acceptors (Lipinski definition) is 5. The topological polar surface area (TPSA) is 96.5 Å². The normalized spacial score (nSPS) is 27.5. The van der Waals surface area contributed by atoms with Gasteiger partial charge in [-0.15, -0.1) is 0 Å². The number of aliphatic hydroxyl groups excluding tert-OH is 1. The number of β-amino-alcohol motifs (C(OH)–C–C–N with tert-alkyl or cyclic N) is 1. The van der Waals surface area contributed by atoms with E-state index in [4.69, 9.17) is 5.73 Å². The number of rotatable bonds is 2. The lowest BCUT2D eigenvalue weighted by atomic mass is 10.1. The molecule has 0 saturated heterocycles. The lowest BCUT2D eigenvalue weighted by molar-refractivity contribution is 0.120. The third-order valence-electron chi connectivity index (χ3n) is 3.01. The van der Waals surface area contributed by atoms with E-state index >= 15 is 0 Å². The molecule has 1 aromatic rings. The third-order valence-corrected chi connectivity index (χ3v) is 4.76. The Bertz CT molecular complexity index is 545. The Morgan fingerprint density at radius 2 is 2.16 bits per heavy atom. The van der Waals surface area contributed by atoms with E-state index in [0.29, 0.717) is 6.42 Å². The lowest BCUT2D eigenvalue weighted by Crippen LogP contribution is -2.46. The molecule has 2 rings (SSSR count). The second-order valence-electron chi connectivity index (χ2n) is 4.43. The summed E-state index contributed by atoms with van der Waals surface area (Å²) < 4.78 is 26.0. The molecule has 0 fully saturated rings. The average molecular weight is 283 g/mol. The second-order valence-corrected chi connectivity index (χ2v) is 6.31. The Kier molecular flexibility index (Phi) is 4.31. The van der Waals surface area contributed by atoms with E-state index in [1.165, 1.54) is 16.6 Å². The van der Waals surface area contributed by atoms with Crippen LogP contribution in [0.4, 0.5) is 0 Å². The van der Waals surface area contributed by atoms with E-state index in [0.717, 1.165) is 0 Å². The molecular weight excluding hydrogens is 266 g/mol. The summed E-state index contributed by atoms with van der Waals surface area (Å²) in [6, 6.07) is 4.24. The van der Waals surface area contributed by atoms with Gasteiger partial charge in [0.1, 0.15) is 0 Å². The molecule has 6 nitrogen and oxygen atoms in total. The summed E-state index contributed by atoms with van der Waals surface area (Å²) in [5.74, 6) is 0. The van der Waals surface area contributed by atoms with Crippen LogP contribution in [0, 0.1) is 0 Å². The number of aliphatic hydroxyl groups is 1. The van der Waals surface area contributed by atoms with Crippen molar-refractivity contribution in [1.82, 2.24) is 9.29 Å².